The highest BCUT2D eigenvalue weighted by atomic mass is 16.5. The highest BCUT2D eigenvalue weighted by Crippen LogP contribution is 2.31. The zero-order chi connectivity index (χ0) is 18.4. The fourth-order valence-electron chi connectivity index (χ4n) is 3.93. The summed E-state index contributed by atoms with van der Waals surface area (Å²) < 4.78 is 11.0. The molecule has 0 aliphatic carbocycles. The lowest BCUT2D eigenvalue weighted by Crippen LogP contribution is -2.43. The summed E-state index contributed by atoms with van der Waals surface area (Å²) in [5, 5.41) is 3.56. The molecule has 0 bridgehead atoms. The highest BCUT2D eigenvalue weighted by molar-refractivity contribution is 5.79. The summed E-state index contributed by atoms with van der Waals surface area (Å²) in [4.78, 5) is 9.11. The zero-order valence-electron chi connectivity index (χ0n) is 16.3. The van der Waals surface area contributed by atoms with Gasteiger partial charge in [-0.1, -0.05) is 12.1 Å². The fourth-order valence-corrected chi connectivity index (χ4v) is 3.93. The van der Waals surface area contributed by atoms with Gasteiger partial charge in [0.25, 0.3) is 0 Å². The number of ether oxygens (including phenoxy) is 2. The molecule has 0 aromatic heterocycles. The molecule has 1 N–H and O–H groups in total. The lowest BCUT2D eigenvalue weighted by atomic mass is 10.1. The number of methoxy groups -OCH3 is 1. The van der Waals surface area contributed by atoms with Crippen molar-refractivity contribution in [1.29, 1.82) is 0 Å². The second-order valence-electron chi connectivity index (χ2n) is 7.31. The van der Waals surface area contributed by atoms with Gasteiger partial charge >= 0.3 is 0 Å². The summed E-state index contributed by atoms with van der Waals surface area (Å²) in [5.41, 5.74) is 1.19. The third-order valence-electron chi connectivity index (χ3n) is 5.39. The minimum atomic E-state index is 0.611. The van der Waals surface area contributed by atoms with Crippen molar-refractivity contribution in [3.8, 4) is 5.75 Å². The molecule has 144 valence electrons. The van der Waals surface area contributed by atoms with E-state index in [4.69, 9.17) is 9.47 Å². The molecule has 2 heterocycles. The van der Waals surface area contributed by atoms with Crippen LogP contribution in [0.4, 0.5) is 5.69 Å². The van der Waals surface area contributed by atoms with E-state index in [1.165, 1.54) is 12.1 Å². The van der Waals surface area contributed by atoms with Gasteiger partial charge in [0.05, 0.1) is 19.4 Å². The van der Waals surface area contributed by atoms with Crippen LogP contribution in [0.1, 0.15) is 12.8 Å². The molecule has 2 aliphatic rings. The van der Waals surface area contributed by atoms with Crippen LogP contribution >= 0.6 is 0 Å². The van der Waals surface area contributed by atoms with Crippen LogP contribution in [-0.4, -0.2) is 71.5 Å². The normalized spacial score (nSPS) is 23.3. The Morgan fingerprint density at radius 3 is 2.92 bits per heavy atom. The van der Waals surface area contributed by atoms with E-state index in [1.54, 1.807) is 7.11 Å². The summed E-state index contributed by atoms with van der Waals surface area (Å²) >= 11 is 0. The number of hydrogen-bond donors (Lipinski definition) is 1. The number of guanidine groups is 1. The van der Waals surface area contributed by atoms with Crippen molar-refractivity contribution < 1.29 is 9.47 Å². The van der Waals surface area contributed by atoms with Crippen molar-refractivity contribution in [3.05, 3.63) is 24.3 Å². The first-order valence-corrected chi connectivity index (χ1v) is 9.58. The average molecular weight is 361 g/mol. The highest BCUT2D eigenvalue weighted by Gasteiger charge is 2.25. The van der Waals surface area contributed by atoms with Crippen LogP contribution in [0, 0.1) is 11.8 Å². The molecular formula is C20H32N4O2. The Hall–Kier alpha value is -1.95. The molecule has 26 heavy (non-hydrogen) atoms. The van der Waals surface area contributed by atoms with Gasteiger partial charge in [-0.3, -0.25) is 4.99 Å². The molecule has 3 rings (SSSR count). The molecule has 0 radical (unpaired) electrons. The molecule has 2 saturated heterocycles. The van der Waals surface area contributed by atoms with Crippen LogP contribution in [-0.2, 0) is 4.74 Å². The summed E-state index contributed by atoms with van der Waals surface area (Å²) in [6, 6.07) is 8.27. The Bertz CT molecular complexity index is 601. The Labute approximate surface area is 157 Å². The van der Waals surface area contributed by atoms with Gasteiger partial charge in [-0.25, -0.2) is 0 Å². The molecular weight excluding hydrogens is 328 g/mol. The smallest absolute Gasteiger partial charge is 0.193 e. The molecule has 0 amide bonds. The van der Waals surface area contributed by atoms with Crippen LogP contribution in [0.25, 0.3) is 0 Å². The molecule has 2 fully saturated rings. The monoisotopic (exact) mass is 360 g/mol. The first kappa shape index (κ1) is 18.8. The number of aliphatic imine (C=N–C) groups is 1. The maximum absolute atomic E-state index is 5.51. The number of rotatable bonds is 6. The van der Waals surface area contributed by atoms with Crippen LogP contribution < -0.4 is 15.0 Å². The van der Waals surface area contributed by atoms with E-state index in [2.05, 4.69) is 39.3 Å². The second kappa shape index (κ2) is 9.12. The van der Waals surface area contributed by atoms with Gasteiger partial charge in [-0.2, -0.15) is 0 Å². The molecule has 0 saturated carbocycles. The lowest BCUT2D eigenvalue weighted by molar-refractivity contribution is 0.181. The van der Waals surface area contributed by atoms with Gasteiger partial charge in [0.1, 0.15) is 5.75 Å². The third-order valence-corrected chi connectivity index (χ3v) is 5.39. The number of para-hydroxylation sites is 2. The minimum Gasteiger partial charge on any atom is -0.495 e. The molecule has 0 spiro atoms. The Kier molecular flexibility index (Phi) is 6.61. The van der Waals surface area contributed by atoms with E-state index in [1.807, 2.05) is 19.2 Å². The summed E-state index contributed by atoms with van der Waals surface area (Å²) in [7, 11) is 5.71. The van der Waals surface area contributed by atoms with Crippen LogP contribution in [0.5, 0.6) is 5.75 Å². The number of nitrogens with zero attached hydrogens (tertiary/aromatic N) is 3. The SMILES string of the molecule is CN=C(NCC1CCN(c2ccccc2OC)C1)N(C)CC1CCOC1. The predicted molar refractivity (Wildman–Crippen MR) is 106 cm³/mol. The number of hydrogen-bond acceptors (Lipinski definition) is 4. The Morgan fingerprint density at radius 1 is 1.35 bits per heavy atom. The zero-order valence-corrected chi connectivity index (χ0v) is 16.3. The van der Waals surface area contributed by atoms with Crippen molar-refractivity contribution in [1.82, 2.24) is 10.2 Å². The van der Waals surface area contributed by atoms with Crippen molar-refractivity contribution in [2.75, 3.05) is 65.5 Å². The maximum Gasteiger partial charge on any atom is 0.193 e. The van der Waals surface area contributed by atoms with E-state index in [-0.39, 0.29) is 0 Å². The number of anilines is 1. The van der Waals surface area contributed by atoms with Crippen LogP contribution in [0.2, 0.25) is 0 Å². The third kappa shape index (κ3) is 4.61. The van der Waals surface area contributed by atoms with Gasteiger partial charge in [0.2, 0.25) is 0 Å². The summed E-state index contributed by atoms with van der Waals surface area (Å²) in [6.45, 7) is 5.83. The average Bonchev–Trinajstić information content (AvgIpc) is 3.34. The quantitative estimate of drug-likeness (QED) is 0.622. The molecule has 1 aromatic rings. The lowest BCUT2D eigenvalue weighted by Gasteiger charge is -2.26. The number of benzene rings is 1. The standard InChI is InChI=1S/C20H32N4O2/c1-21-20(23(2)13-17-9-11-26-15-17)22-12-16-8-10-24(14-16)18-6-4-5-7-19(18)25-3/h4-7,16-17H,8-15H2,1-3H3,(H,21,22). The van der Waals surface area contributed by atoms with Crippen LogP contribution in [0.15, 0.2) is 29.3 Å². The molecule has 2 atom stereocenters. The molecule has 6 heteroatoms. The first-order valence-electron chi connectivity index (χ1n) is 9.58. The summed E-state index contributed by atoms with van der Waals surface area (Å²) in [5.74, 6) is 3.16. The minimum absolute atomic E-state index is 0.611. The maximum atomic E-state index is 5.51. The Balaban J connectivity index is 1.48. The molecule has 2 unspecified atom stereocenters. The van der Waals surface area contributed by atoms with Crippen molar-refractivity contribution in [2.45, 2.75) is 12.8 Å². The predicted octanol–water partition coefficient (Wildman–Crippen LogP) is 2.07. The fraction of sp³-hybridized carbons (Fsp3) is 0.650. The van der Waals surface area contributed by atoms with Gasteiger partial charge in [-0.15, -0.1) is 0 Å². The van der Waals surface area contributed by atoms with Crippen molar-refractivity contribution in [3.63, 3.8) is 0 Å². The summed E-state index contributed by atoms with van der Waals surface area (Å²) in [6.07, 6.45) is 2.33. The van der Waals surface area contributed by atoms with E-state index >= 15 is 0 Å². The molecule has 6 nitrogen and oxygen atoms in total. The first-order chi connectivity index (χ1) is 12.7. The van der Waals surface area contributed by atoms with Gasteiger partial charge < -0.3 is 24.6 Å². The van der Waals surface area contributed by atoms with E-state index in [9.17, 15) is 0 Å². The van der Waals surface area contributed by atoms with E-state index in [0.717, 1.165) is 57.5 Å². The topological polar surface area (TPSA) is 49.3 Å². The second-order valence-corrected chi connectivity index (χ2v) is 7.31. The Morgan fingerprint density at radius 2 is 2.19 bits per heavy atom. The van der Waals surface area contributed by atoms with E-state index in [0.29, 0.717) is 11.8 Å². The van der Waals surface area contributed by atoms with Crippen molar-refractivity contribution >= 4 is 11.6 Å². The van der Waals surface area contributed by atoms with Gasteiger partial charge in [-0.05, 0) is 30.9 Å². The van der Waals surface area contributed by atoms with Gasteiger partial charge in [0, 0.05) is 52.8 Å². The van der Waals surface area contributed by atoms with Crippen molar-refractivity contribution in [2.24, 2.45) is 16.8 Å². The van der Waals surface area contributed by atoms with Crippen LogP contribution in [0.3, 0.4) is 0 Å². The number of nitrogens with one attached hydrogen (secondary N) is 1. The molecule has 2 aliphatic heterocycles. The largest absolute Gasteiger partial charge is 0.495 e. The van der Waals surface area contributed by atoms with E-state index < -0.39 is 0 Å². The van der Waals surface area contributed by atoms with Gasteiger partial charge in [0.15, 0.2) is 5.96 Å². The molecule has 1 aromatic carbocycles.